The van der Waals surface area contributed by atoms with Crippen LogP contribution in [-0.4, -0.2) is 4.57 Å². The molecule has 0 N–H and O–H groups in total. The van der Waals surface area contributed by atoms with Crippen LogP contribution in [0.5, 0.6) is 0 Å². The molecule has 10 aromatic rings. The van der Waals surface area contributed by atoms with Crippen molar-refractivity contribution < 1.29 is 0 Å². The molecule has 0 saturated carbocycles. The predicted molar refractivity (Wildman–Crippen MR) is 245 cm³/mol. The first kappa shape index (κ1) is 34.7. The van der Waals surface area contributed by atoms with Crippen molar-refractivity contribution >= 4 is 73.0 Å². The van der Waals surface area contributed by atoms with Gasteiger partial charge in [0.15, 0.2) is 0 Å². The van der Waals surface area contributed by atoms with Crippen LogP contribution in [0.25, 0.3) is 27.5 Å². The van der Waals surface area contributed by atoms with Crippen molar-refractivity contribution in [1.29, 1.82) is 0 Å². The van der Waals surface area contributed by atoms with Crippen LogP contribution in [-0.2, 0) is 0 Å². The molecule has 0 amide bonds. The zero-order valence-electron chi connectivity index (χ0n) is 31.9. The van der Waals surface area contributed by atoms with E-state index in [9.17, 15) is 0 Å². The van der Waals surface area contributed by atoms with Crippen molar-refractivity contribution in [2.24, 2.45) is 0 Å². The number of fused-ring (bicyclic) bond motifs is 3. The van der Waals surface area contributed by atoms with Crippen molar-refractivity contribution in [1.82, 2.24) is 4.57 Å². The Hall–Kier alpha value is -7.82. The van der Waals surface area contributed by atoms with Gasteiger partial charge in [0.05, 0.1) is 28.1 Å². The molecule has 0 aliphatic carbocycles. The lowest BCUT2D eigenvalue weighted by molar-refractivity contribution is 1.12. The Balaban J connectivity index is 1.31. The van der Waals surface area contributed by atoms with Crippen molar-refractivity contribution in [3.63, 3.8) is 0 Å². The molecule has 0 unspecified atom stereocenters. The third-order valence-corrected chi connectivity index (χ3v) is 10.7. The molecule has 4 heteroatoms. The Morgan fingerprint density at radius 2 is 0.586 bits per heavy atom. The fraction of sp³-hybridized carbons (Fsp3) is 0. The molecule has 0 aliphatic heterocycles. The van der Waals surface area contributed by atoms with Gasteiger partial charge in [0, 0.05) is 50.6 Å². The highest BCUT2D eigenvalue weighted by Crippen LogP contribution is 2.49. The summed E-state index contributed by atoms with van der Waals surface area (Å²) in [4.78, 5) is 7.10. The molecular formula is C54H40N4. The van der Waals surface area contributed by atoms with Crippen LogP contribution in [0.3, 0.4) is 0 Å². The van der Waals surface area contributed by atoms with Gasteiger partial charge >= 0.3 is 0 Å². The van der Waals surface area contributed by atoms with Crippen LogP contribution in [0.15, 0.2) is 243 Å². The second kappa shape index (κ2) is 15.4. The zero-order valence-corrected chi connectivity index (χ0v) is 31.9. The molecule has 58 heavy (non-hydrogen) atoms. The van der Waals surface area contributed by atoms with Gasteiger partial charge in [-0.15, -0.1) is 0 Å². The number of nitrogens with zero attached hydrogens (tertiary/aromatic N) is 4. The molecule has 9 aromatic carbocycles. The van der Waals surface area contributed by atoms with Crippen LogP contribution in [0.2, 0.25) is 0 Å². The smallest absolute Gasteiger partial charge is 0.0946 e. The van der Waals surface area contributed by atoms with Crippen LogP contribution in [0.1, 0.15) is 0 Å². The van der Waals surface area contributed by atoms with E-state index in [0.717, 1.165) is 67.9 Å². The molecule has 4 nitrogen and oxygen atoms in total. The van der Waals surface area contributed by atoms with Gasteiger partial charge in [-0.25, -0.2) is 0 Å². The first-order valence-electron chi connectivity index (χ1n) is 19.7. The molecule has 0 bridgehead atoms. The van der Waals surface area contributed by atoms with Gasteiger partial charge in [-0.2, -0.15) is 0 Å². The van der Waals surface area contributed by atoms with Crippen LogP contribution < -0.4 is 14.7 Å². The number of aromatic nitrogens is 1. The van der Waals surface area contributed by atoms with Crippen molar-refractivity contribution in [2.75, 3.05) is 14.7 Å². The van der Waals surface area contributed by atoms with Gasteiger partial charge in [-0.1, -0.05) is 133 Å². The van der Waals surface area contributed by atoms with Gasteiger partial charge in [0.2, 0.25) is 0 Å². The molecule has 0 spiro atoms. The number of anilines is 9. The van der Waals surface area contributed by atoms with Crippen LogP contribution in [0, 0.1) is 0 Å². The van der Waals surface area contributed by atoms with E-state index < -0.39 is 0 Å². The normalized spacial score (nSPS) is 11.1. The maximum atomic E-state index is 2.48. The predicted octanol–water partition coefficient (Wildman–Crippen LogP) is 15.2. The Kier molecular flexibility index (Phi) is 9.18. The summed E-state index contributed by atoms with van der Waals surface area (Å²) in [6.45, 7) is 0. The largest absolute Gasteiger partial charge is 0.310 e. The van der Waals surface area contributed by atoms with E-state index in [1.54, 1.807) is 0 Å². The summed E-state index contributed by atoms with van der Waals surface area (Å²) in [6.07, 6.45) is 0. The van der Waals surface area contributed by atoms with Crippen LogP contribution >= 0.6 is 0 Å². The second-order valence-electron chi connectivity index (χ2n) is 14.2. The number of para-hydroxylation sites is 8. The number of hydrogen-bond donors (Lipinski definition) is 0. The first-order valence-corrected chi connectivity index (χ1v) is 19.7. The molecule has 0 saturated heterocycles. The Bertz CT molecular complexity index is 2710. The van der Waals surface area contributed by atoms with Gasteiger partial charge < -0.3 is 19.3 Å². The summed E-state index contributed by atoms with van der Waals surface area (Å²) < 4.78 is 2.48. The average molecular weight is 745 g/mol. The zero-order chi connectivity index (χ0) is 38.7. The minimum absolute atomic E-state index is 1.05. The molecule has 1 aromatic heterocycles. The Morgan fingerprint density at radius 3 is 1.00 bits per heavy atom. The van der Waals surface area contributed by atoms with E-state index >= 15 is 0 Å². The quantitative estimate of drug-likeness (QED) is 0.139. The third-order valence-electron chi connectivity index (χ3n) is 10.7. The molecule has 10 rings (SSSR count). The average Bonchev–Trinajstić information content (AvgIpc) is 3.62. The van der Waals surface area contributed by atoms with Gasteiger partial charge in [-0.05, 0) is 109 Å². The fourth-order valence-electron chi connectivity index (χ4n) is 8.21. The highest BCUT2D eigenvalue weighted by molar-refractivity contribution is 6.12. The van der Waals surface area contributed by atoms with Crippen molar-refractivity contribution in [3.8, 4) is 5.69 Å². The van der Waals surface area contributed by atoms with E-state index in [4.69, 9.17) is 0 Å². The minimum atomic E-state index is 1.05. The second-order valence-corrected chi connectivity index (χ2v) is 14.2. The SMILES string of the molecule is c1ccc(N(c2ccccc2)c2ccc3c(c2)c2ccccc2n3-c2c(N(c3ccccc3)c3ccccc3)cccc2N(c2ccccc2)c2ccccc2)cc1. The van der Waals surface area contributed by atoms with Crippen molar-refractivity contribution in [3.05, 3.63) is 243 Å². The lowest BCUT2D eigenvalue weighted by atomic mass is 10.1. The third kappa shape index (κ3) is 6.33. The standard InChI is InChI=1S/C54H40N4/c1-7-22-41(23-8-1)55(42-24-9-2-10-25-42)47-38-39-51-49(40-47)48-34-19-20-35-50(48)58(51)54-52(56(43-26-11-3-12-27-43)44-28-13-4-14-29-44)36-21-37-53(54)57(45-30-15-5-16-31-45)46-32-17-6-18-33-46/h1-40H. The summed E-state index contributed by atoms with van der Waals surface area (Å²) >= 11 is 0. The summed E-state index contributed by atoms with van der Waals surface area (Å²) in [5.74, 6) is 0. The molecule has 0 fully saturated rings. The molecule has 0 radical (unpaired) electrons. The summed E-state index contributed by atoms with van der Waals surface area (Å²) in [5.41, 5.74) is 13.0. The summed E-state index contributed by atoms with van der Waals surface area (Å²) in [6, 6.07) is 86.4. The first-order chi connectivity index (χ1) is 28.8. The Morgan fingerprint density at radius 1 is 0.241 bits per heavy atom. The molecule has 0 aliphatic rings. The van der Waals surface area contributed by atoms with E-state index in [2.05, 4.69) is 262 Å². The molecule has 0 atom stereocenters. The topological polar surface area (TPSA) is 14.7 Å². The van der Waals surface area contributed by atoms with E-state index in [1.165, 1.54) is 10.8 Å². The fourth-order valence-corrected chi connectivity index (χ4v) is 8.21. The number of hydrogen-bond acceptors (Lipinski definition) is 3. The summed E-state index contributed by atoms with van der Waals surface area (Å²) in [7, 11) is 0. The monoisotopic (exact) mass is 744 g/mol. The lowest BCUT2D eigenvalue weighted by Gasteiger charge is -2.33. The number of rotatable bonds is 10. The van der Waals surface area contributed by atoms with E-state index in [1.807, 2.05) is 0 Å². The molecular weight excluding hydrogens is 705 g/mol. The van der Waals surface area contributed by atoms with Gasteiger partial charge in [0.25, 0.3) is 0 Å². The van der Waals surface area contributed by atoms with Crippen molar-refractivity contribution in [2.45, 2.75) is 0 Å². The van der Waals surface area contributed by atoms with Gasteiger partial charge in [0.1, 0.15) is 0 Å². The van der Waals surface area contributed by atoms with Gasteiger partial charge in [-0.3, -0.25) is 0 Å². The summed E-state index contributed by atoms with van der Waals surface area (Å²) in [5, 5.41) is 2.35. The highest BCUT2D eigenvalue weighted by Gasteiger charge is 2.27. The minimum Gasteiger partial charge on any atom is -0.310 e. The molecule has 1 heterocycles. The maximum Gasteiger partial charge on any atom is 0.0946 e. The van der Waals surface area contributed by atoms with E-state index in [-0.39, 0.29) is 0 Å². The maximum absolute atomic E-state index is 2.48. The Labute approximate surface area is 339 Å². The van der Waals surface area contributed by atoms with Crippen LogP contribution in [0.4, 0.5) is 51.2 Å². The molecule has 276 valence electrons. The number of benzene rings is 9. The van der Waals surface area contributed by atoms with E-state index in [0.29, 0.717) is 0 Å². The highest BCUT2D eigenvalue weighted by atomic mass is 15.2. The lowest BCUT2D eigenvalue weighted by Crippen LogP contribution is -2.17.